The summed E-state index contributed by atoms with van der Waals surface area (Å²) < 4.78 is 68.5. The van der Waals surface area contributed by atoms with Gasteiger partial charge in [0.15, 0.2) is 12.2 Å². The van der Waals surface area contributed by atoms with E-state index in [9.17, 15) is 43.2 Å². The highest BCUT2D eigenvalue weighted by Gasteiger charge is 2.30. The molecule has 0 amide bonds. The maximum absolute atomic E-state index is 13.1. The molecule has 0 heterocycles. The van der Waals surface area contributed by atoms with Crippen molar-refractivity contribution in [2.75, 3.05) is 39.6 Å². The lowest BCUT2D eigenvalue weighted by atomic mass is 10.0. The largest absolute Gasteiger partial charge is 0.472 e. The van der Waals surface area contributed by atoms with Crippen LogP contribution in [0.15, 0.2) is 0 Å². The first-order valence-electron chi connectivity index (χ1n) is 38.8. The fraction of sp³-hybridized carbons (Fsp3) is 0.947. The first-order valence-corrected chi connectivity index (χ1v) is 41.8. The van der Waals surface area contributed by atoms with Gasteiger partial charge in [0.2, 0.25) is 0 Å². The van der Waals surface area contributed by atoms with Crippen LogP contribution in [-0.4, -0.2) is 96.7 Å². The van der Waals surface area contributed by atoms with Gasteiger partial charge in [0, 0.05) is 25.7 Å². The van der Waals surface area contributed by atoms with Gasteiger partial charge in [-0.3, -0.25) is 37.3 Å². The molecule has 558 valence electrons. The number of hydrogen-bond acceptors (Lipinski definition) is 15. The van der Waals surface area contributed by atoms with Gasteiger partial charge in [0.05, 0.1) is 26.4 Å². The standard InChI is InChI=1S/C75H146O17P2/c1-8-9-10-11-12-13-14-21-28-35-42-49-56-72(77)85-62-70(91-74(79)58-51-44-37-30-23-16-19-26-33-40-47-54-67(4)5)64-89-93(81,82)87-60-69(76)61-88-94(83,84)90-65-71(92-75(80)59-52-45-38-31-24-17-20-27-34-41-48-55-68(6)7)63-86-73(78)57-50-43-36-29-22-15-18-25-32-39-46-53-66(2)3/h66-71,76H,8-65H2,1-7H3,(H,81,82)(H,83,84)/t69-,70+,71+/m0/s1. The molecule has 0 aromatic rings. The fourth-order valence-corrected chi connectivity index (χ4v) is 13.0. The van der Waals surface area contributed by atoms with Gasteiger partial charge in [-0.15, -0.1) is 0 Å². The topological polar surface area (TPSA) is 237 Å². The van der Waals surface area contributed by atoms with Crippen LogP contribution in [0.2, 0.25) is 0 Å². The molecule has 19 heteroatoms. The third-order valence-electron chi connectivity index (χ3n) is 17.4. The van der Waals surface area contributed by atoms with E-state index in [0.29, 0.717) is 25.7 Å². The third kappa shape index (κ3) is 68.6. The van der Waals surface area contributed by atoms with Gasteiger partial charge in [0.25, 0.3) is 0 Å². The van der Waals surface area contributed by atoms with E-state index in [-0.39, 0.29) is 25.7 Å². The van der Waals surface area contributed by atoms with Crippen molar-refractivity contribution in [3.8, 4) is 0 Å². The number of rotatable bonds is 73. The van der Waals surface area contributed by atoms with E-state index in [2.05, 4.69) is 48.5 Å². The van der Waals surface area contributed by atoms with Gasteiger partial charge in [-0.2, -0.15) is 0 Å². The monoisotopic (exact) mass is 1380 g/mol. The lowest BCUT2D eigenvalue weighted by molar-refractivity contribution is -0.161. The first-order chi connectivity index (χ1) is 45.2. The molecule has 0 aliphatic carbocycles. The summed E-state index contributed by atoms with van der Waals surface area (Å²) in [6, 6.07) is 0. The van der Waals surface area contributed by atoms with Crippen molar-refractivity contribution < 1.29 is 80.2 Å². The molecule has 0 aromatic carbocycles. The van der Waals surface area contributed by atoms with Gasteiger partial charge < -0.3 is 33.8 Å². The van der Waals surface area contributed by atoms with Crippen molar-refractivity contribution in [2.24, 2.45) is 17.8 Å². The van der Waals surface area contributed by atoms with Gasteiger partial charge in [-0.05, 0) is 43.4 Å². The van der Waals surface area contributed by atoms with Gasteiger partial charge >= 0.3 is 39.5 Å². The van der Waals surface area contributed by atoms with E-state index in [1.165, 1.54) is 193 Å². The molecule has 0 fully saturated rings. The van der Waals surface area contributed by atoms with E-state index >= 15 is 0 Å². The summed E-state index contributed by atoms with van der Waals surface area (Å²) in [6.07, 6.45) is 51.2. The molecule has 5 atom stereocenters. The Morgan fingerprint density at radius 3 is 0.723 bits per heavy atom. The Hall–Kier alpha value is -1.94. The Labute approximate surface area is 575 Å². The first kappa shape index (κ1) is 92.1. The minimum Gasteiger partial charge on any atom is -0.462 e. The molecular formula is C75H146O17P2. The number of esters is 4. The number of phosphoric acid groups is 2. The lowest BCUT2D eigenvalue weighted by Crippen LogP contribution is -2.30. The van der Waals surface area contributed by atoms with Crippen LogP contribution in [0.5, 0.6) is 0 Å². The number of carbonyl (C=O) groups excluding carboxylic acids is 4. The molecule has 94 heavy (non-hydrogen) atoms. The molecule has 0 aromatic heterocycles. The summed E-state index contributed by atoms with van der Waals surface area (Å²) in [4.78, 5) is 72.8. The maximum Gasteiger partial charge on any atom is 0.472 e. The second kappa shape index (κ2) is 65.7. The van der Waals surface area contributed by atoms with Crippen LogP contribution < -0.4 is 0 Å². The highest BCUT2D eigenvalue weighted by Crippen LogP contribution is 2.45. The van der Waals surface area contributed by atoms with E-state index in [4.69, 9.17) is 37.0 Å². The molecule has 2 unspecified atom stereocenters. The summed E-state index contributed by atoms with van der Waals surface area (Å²) in [5.74, 6) is 0.184. The zero-order chi connectivity index (χ0) is 69.4. The average molecular weight is 1380 g/mol. The number of hydrogen-bond donors (Lipinski definition) is 3. The highest BCUT2D eigenvalue weighted by atomic mass is 31.2. The Morgan fingerprint density at radius 1 is 0.287 bits per heavy atom. The number of carbonyl (C=O) groups is 4. The van der Waals surface area contributed by atoms with Gasteiger partial charge in [0.1, 0.15) is 19.3 Å². The van der Waals surface area contributed by atoms with Crippen molar-refractivity contribution >= 4 is 39.5 Å². The highest BCUT2D eigenvalue weighted by molar-refractivity contribution is 7.47. The molecule has 0 bridgehead atoms. The predicted molar refractivity (Wildman–Crippen MR) is 381 cm³/mol. The van der Waals surface area contributed by atoms with Crippen molar-refractivity contribution in [3.05, 3.63) is 0 Å². The van der Waals surface area contributed by atoms with Crippen LogP contribution in [-0.2, 0) is 65.4 Å². The normalized spacial score (nSPS) is 14.1. The number of ether oxygens (including phenoxy) is 4. The summed E-state index contributed by atoms with van der Waals surface area (Å²) in [5, 5.41) is 10.6. The average Bonchev–Trinajstić information content (AvgIpc) is 1.22. The minimum absolute atomic E-state index is 0.106. The molecule has 17 nitrogen and oxygen atoms in total. The second-order valence-electron chi connectivity index (χ2n) is 28.5. The molecule has 0 saturated carbocycles. The Kier molecular flexibility index (Phi) is 64.3. The zero-order valence-corrected chi connectivity index (χ0v) is 63.2. The lowest BCUT2D eigenvalue weighted by Gasteiger charge is -2.21. The number of phosphoric ester groups is 2. The number of aliphatic hydroxyl groups excluding tert-OH is 1. The third-order valence-corrected chi connectivity index (χ3v) is 19.3. The minimum atomic E-state index is -4.96. The quantitative estimate of drug-likeness (QED) is 0.0222. The maximum atomic E-state index is 13.1. The van der Waals surface area contributed by atoms with Crippen LogP contribution in [0, 0.1) is 17.8 Å². The van der Waals surface area contributed by atoms with E-state index in [0.717, 1.165) is 108 Å². The molecule has 0 aliphatic heterocycles. The molecule has 0 radical (unpaired) electrons. The van der Waals surface area contributed by atoms with Crippen molar-refractivity contribution in [1.29, 1.82) is 0 Å². The van der Waals surface area contributed by atoms with Crippen molar-refractivity contribution in [1.82, 2.24) is 0 Å². The molecule has 3 N–H and O–H groups in total. The van der Waals surface area contributed by atoms with Crippen LogP contribution in [0.25, 0.3) is 0 Å². The second-order valence-corrected chi connectivity index (χ2v) is 31.4. The Balaban J connectivity index is 5.27. The molecule has 0 saturated heterocycles. The number of unbranched alkanes of at least 4 members (excludes halogenated alkanes) is 41. The summed E-state index contributed by atoms with van der Waals surface area (Å²) in [5.41, 5.74) is 0. The summed E-state index contributed by atoms with van der Waals surface area (Å²) >= 11 is 0. The van der Waals surface area contributed by atoms with Crippen LogP contribution in [0.3, 0.4) is 0 Å². The predicted octanol–water partition coefficient (Wildman–Crippen LogP) is 21.8. The number of aliphatic hydroxyl groups is 1. The molecule has 0 rings (SSSR count). The summed E-state index contributed by atoms with van der Waals surface area (Å²) in [7, 11) is -9.91. The van der Waals surface area contributed by atoms with Crippen LogP contribution in [0.4, 0.5) is 0 Å². The molecule has 0 aliphatic rings. The van der Waals surface area contributed by atoms with Crippen molar-refractivity contribution in [2.45, 2.75) is 401 Å². The zero-order valence-electron chi connectivity index (χ0n) is 61.4. The molecular weight excluding hydrogens is 1230 g/mol. The van der Waals surface area contributed by atoms with E-state index in [1.54, 1.807) is 0 Å². The van der Waals surface area contributed by atoms with E-state index < -0.39 is 97.5 Å². The fourth-order valence-electron chi connectivity index (χ4n) is 11.4. The SMILES string of the molecule is CCCCCCCCCCCCCCC(=O)OC[C@H](COP(=O)(O)OC[C@H](O)COP(=O)(O)OC[C@@H](COC(=O)CCCCCCCCCCCCCC(C)C)OC(=O)CCCCCCCCCCCCCC(C)C)OC(=O)CCCCCCCCCCCCCC(C)C. The van der Waals surface area contributed by atoms with E-state index in [1.807, 2.05) is 0 Å². The van der Waals surface area contributed by atoms with Gasteiger partial charge in [-0.25, -0.2) is 9.13 Å². The van der Waals surface area contributed by atoms with Crippen molar-refractivity contribution in [3.63, 3.8) is 0 Å². The van der Waals surface area contributed by atoms with Crippen LogP contribution >= 0.6 is 15.6 Å². The van der Waals surface area contributed by atoms with Gasteiger partial charge in [-0.1, -0.05) is 331 Å². The Morgan fingerprint density at radius 2 is 0.489 bits per heavy atom. The Bertz CT molecular complexity index is 1840. The molecule has 0 spiro atoms. The summed E-state index contributed by atoms with van der Waals surface area (Å²) in [6.45, 7) is 11.9. The van der Waals surface area contributed by atoms with Crippen LogP contribution in [0.1, 0.15) is 382 Å². The smallest absolute Gasteiger partial charge is 0.462 e.